The molecular formula is C20H31N3O4S. The maximum atomic E-state index is 13.0. The topological polar surface area (TPSA) is 79.0 Å². The van der Waals surface area contributed by atoms with E-state index in [0.717, 1.165) is 16.9 Å². The van der Waals surface area contributed by atoms with Crippen LogP contribution in [0.3, 0.4) is 0 Å². The number of aryl methyl sites for hydroxylation is 1. The molecule has 1 N–H and O–H groups in total. The first-order valence-electron chi connectivity index (χ1n) is 9.77. The molecule has 1 fully saturated rings. The number of carbonyl (C=O) groups excluding carboxylic acids is 1. The van der Waals surface area contributed by atoms with Gasteiger partial charge in [0.05, 0.1) is 12.0 Å². The van der Waals surface area contributed by atoms with Gasteiger partial charge in [0.25, 0.3) is 10.2 Å². The van der Waals surface area contributed by atoms with Gasteiger partial charge in [-0.1, -0.05) is 17.7 Å². The van der Waals surface area contributed by atoms with E-state index in [2.05, 4.69) is 11.4 Å². The molecule has 8 heteroatoms. The van der Waals surface area contributed by atoms with Crippen molar-refractivity contribution in [3.05, 3.63) is 29.3 Å². The number of rotatable bonds is 4. The van der Waals surface area contributed by atoms with Crippen molar-refractivity contribution in [3.8, 4) is 5.75 Å². The van der Waals surface area contributed by atoms with Crippen LogP contribution in [0.4, 0.5) is 0 Å². The zero-order chi connectivity index (χ0) is 20.7. The number of fused-ring (bicyclic) bond motifs is 1. The summed E-state index contributed by atoms with van der Waals surface area (Å²) in [4.78, 5) is 13.0. The van der Waals surface area contributed by atoms with Crippen LogP contribution >= 0.6 is 0 Å². The maximum absolute atomic E-state index is 13.0. The van der Waals surface area contributed by atoms with Gasteiger partial charge in [-0.05, 0) is 39.7 Å². The molecule has 28 heavy (non-hydrogen) atoms. The second-order valence-corrected chi connectivity index (χ2v) is 10.8. The third-order valence-corrected chi connectivity index (χ3v) is 7.39. The number of nitrogens with zero attached hydrogens (tertiary/aromatic N) is 2. The van der Waals surface area contributed by atoms with Crippen LogP contribution in [-0.4, -0.2) is 55.7 Å². The largest absolute Gasteiger partial charge is 0.487 e. The van der Waals surface area contributed by atoms with Gasteiger partial charge in [0.1, 0.15) is 11.4 Å². The Morgan fingerprint density at radius 1 is 1.32 bits per heavy atom. The molecule has 0 bridgehead atoms. The summed E-state index contributed by atoms with van der Waals surface area (Å²) in [6, 6.07) is 5.87. The lowest BCUT2D eigenvalue weighted by Gasteiger charge is -2.39. The Hall–Kier alpha value is -1.64. The minimum Gasteiger partial charge on any atom is -0.487 e. The van der Waals surface area contributed by atoms with Crippen LogP contribution < -0.4 is 10.1 Å². The SMILES string of the molecule is Cc1ccc2c(c1)[C@H](NC(=O)[C@H]1CCCN(S(=O)(=O)N(C)C)C1)CC(C)(C)O2. The number of hydrogen-bond acceptors (Lipinski definition) is 4. The van der Waals surface area contributed by atoms with E-state index in [9.17, 15) is 13.2 Å². The Morgan fingerprint density at radius 2 is 2.04 bits per heavy atom. The number of ether oxygens (including phenoxy) is 1. The summed E-state index contributed by atoms with van der Waals surface area (Å²) >= 11 is 0. The van der Waals surface area contributed by atoms with Crippen LogP contribution in [-0.2, 0) is 15.0 Å². The first-order chi connectivity index (χ1) is 13.0. The molecule has 0 unspecified atom stereocenters. The average molecular weight is 410 g/mol. The Bertz CT molecular complexity index is 851. The summed E-state index contributed by atoms with van der Waals surface area (Å²) < 4.78 is 33.6. The molecule has 2 heterocycles. The van der Waals surface area contributed by atoms with Crippen molar-refractivity contribution in [1.82, 2.24) is 13.9 Å². The number of nitrogens with one attached hydrogen (secondary N) is 1. The summed E-state index contributed by atoms with van der Waals surface area (Å²) in [5.41, 5.74) is 1.72. The summed E-state index contributed by atoms with van der Waals surface area (Å²) in [6.07, 6.45) is 2.04. The van der Waals surface area contributed by atoms with Crippen molar-refractivity contribution in [2.45, 2.75) is 51.7 Å². The summed E-state index contributed by atoms with van der Waals surface area (Å²) in [5.74, 6) is 0.365. The molecule has 0 spiro atoms. The second-order valence-electron chi connectivity index (χ2n) is 8.66. The van der Waals surface area contributed by atoms with E-state index in [1.165, 1.54) is 22.7 Å². The standard InChI is InChI=1S/C20H31N3O4S/c1-14-8-9-18-16(11-14)17(12-20(2,3)27-18)21-19(24)15-7-6-10-23(13-15)28(25,26)22(4)5/h8-9,11,15,17H,6-7,10,12-13H2,1-5H3,(H,21,24)/t15-,17+/m0/s1. The molecule has 0 aromatic heterocycles. The molecule has 7 nitrogen and oxygen atoms in total. The normalized spacial score (nSPS) is 25.1. The Balaban J connectivity index is 1.77. The first kappa shape index (κ1) is 21.1. The number of hydrogen-bond donors (Lipinski definition) is 1. The van der Waals surface area contributed by atoms with Crippen molar-refractivity contribution < 1.29 is 17.9 Å². The average Bonchev–Trinajstić information content (AvgIpc) is 2.61. The fourth-order valence-corrected chi connectivity index (χ4v) is 5.18. The summed E-state index contributed by atoms with van der Waals surface area (Å²) in [5, 5.41) is 3.17. The maximum Gasteiger partial charge on any atom is 0.281 e. The van der Waals surface area contributed by atoms with E-state index in [4.69, 9.17) is 4.74 Å². The molecule has 0 aliphatic carbocycles. The van der Waals surface area contributed by atoms with E-state index in [0.29, 0.717) is 25.8 Å². The van der Waals surface area contributed by atoms with Crippen molar-refractivity contribution in [3.63, 3.8) is 0 Å². The van der Waals surface area contributed by atoms with Crippen LogP contribution in [0.1, 0.15) is 50.3 Å². The molecule has 156 valence electrons. The highest BCUT2D eigenvalue weighted by atomic mass is 32.2. The van der Waals surface area contributed by atoms with Crippen molar-refractivity contribution in [2.24, 2.45) is 5.92 Å². The molecule has 0 radical (unpaired) electrons. The van der Waals surface area contributed by atoms with Crippen molar-refractivity contribution >= 4 is 16.1 Å². The van der Waals surface area contributed by atoms with Gasteiger partial charge in [0.15, 0.2) is 0 Å². The lowest BCUT2D eigenvalue weighted by Crippen LogP contribution is -2.50. The van der Waals surface area contributed by atoms with Gasteiger partial charge >= 0.3 is 0 Å². The molecule has 2 atom stereocenters. The second kappa shape index (κ2) is 7.65. The Kier molecular flexibility index (Phi) is 5.76. The van der Waals surface area contributed by atoms with Gasteiger partial charge < -0.3 is 10.1 Å². The van der Waals surface area contributed by atoms with Gasteiger partial charge in [0, 0.05) is 39.2 Å². The predicted octanol–water partition coefficient (Wildman–Crippen LogP) is 2.23. The zero-order valence-electron chi connectivity index (χ0n) is 17.4. The molecule has 1 saturated heterocycles. The first-order valence-corrected chi connectivity index (χ1v) is 11.2. The number of piperidine rings is 1. The van der Waals surface area contributed by atoms with E-state index in [1.807, 2.05) is 32.9 Å². The highest BCUT2D eigenvalue weighted by Crippen LogP contribution is 2.40. The minimum absolute atomic E-state index is 0.0891. The molecule has 1 aromatic carbocycles. The van der Waals surface area contributed by atoms with E-state index < -0.39 is 10.2 Å². The van der Waals surface area contributed by atoms with E-state index in [-0.39, 0.29) is 30.0 Å². The quantitative estimate of drug-likeness (QED) is 0.827. The van der Waals surface area contributed by atoms with Crippen LogP contribution in [0.15, 0.2) is 18.2 Å². The molecule has 0 saturated carbocycles. The monoisotopic (exact) mass is 409 g/mol. The molecule has 3 rings (SSSR count). The zero-order valence-corrected chi connectivity index (χ0v) is 18.2. The van der Waals surface area contributed by atoms with Crippen LogP contribution in [0.2, 0.25) is 0 Å². The molecule has 1 amide bonds. The number of amides is 1. The Labute approximate surface area is 168 Å². The van der Waals surface area contributed by atoms with E-state index in [1.54, 1.807) is 0 Å². The Morgan fingerprint density at radius 3 is 2.71 bits per heavy atom. The third-order valence-electron chi connectivity index (χ3n) is 5.48. The van der Waals surface area contributed by atoms with Gasteiger partial charge in [-0.15, -0.1) is 0 Å². The third kappa shape index (κ3) is 4.34. The van der Waals surface area contributed by atoms with Crippen LogP contribution in [0.5, 0.6) is 5.75 Å². The van der Waals surface area contributed by atoms with Crippen molar-refractivity contribution in [2.75, 3.05) is 27.2 Å². The highest BCUT2D eigenvalue weighted by molar-refractivity contribution is 7.86. The lowest BCUT2D eigenvalue weighted by atomic mass is 9.88. The van der Waals surface area contributed by atoms with Gasteiger partial charge in [-0.25, -0.2) is 0 Å². The van der Waals surface area contributed by atoms with Gasteiger partial charge in [0.2, 0.25) is 5.91 Å². The molecular weight excluding hydrogens is 378 g/mol. The fourth-order valence-electron chi connectivity index (χ4n) is 3.99. The smallest absolute Gasteiger partial charge is 0.281 e. The fraction of sp³-hybridized carbons (Fsp3) is 0.650. The molecule has 1 aromatic rings. The van der Waals surface area contributed by atoms with Crippen LogP contribution in [0, 0.1) is 12.8 Å². The number of carbonyl (C=O) groups is 1. The van der Waals surface area contributed by atoms with Gasteiger partial charge in [-0.3, -0.25) is 4.79 Å². The lowest BCUT2D eigenvalue weighted by molar-refractivity contribution is -0.127. The highest BCUT2D eigenvalue weighted by Gasteiger charge is 2.38. The van der Waals surface area contributed by atoms with Crippen molar-refractivity contribution in [1.29, 1.82) is 0 Å². The summed E-state index contributed by atoms with van der Waals surface area (Å²) in [6.45, 7) is 6.72. The molecule has 2 aliphatic heterocycles. The molecule has 2 aliphatic rings. The van der Waals surface area contributed by atoms with Crippen LogP contribution in [0.25, 0.3) is 0 Å². The predicted molar refractivity (Wildman–Crippen MR) is 108 cm³/mol. The van der Waals surface area contributed by atoms with Gasteiger partial charge in [-0.2, -0.15) is 17.0 Å². The summed E-state index contributed by atoms with van der Waals surface area (Å²) in [7, 11) is -0.473. The minimum atomic E-state index is -3.51. The van der Waals surface area contributed by atoms with E-state index >= 15 is 0 Å². The number of benzene rings is 1.